The van der Waals surface area contributed by atoms with Crippen LogP contribution in [0.5, 0.6) is 0 Å². The summed E-state index contributed by atoms with van der Waals surface area (Å²) in [5.74, 6) is 0.227. The fourth-order valence-electron chi connectivity index (χ4n) is 3.73. The van der Waals surface area contributed by atoms with Crippen LogP contribution in [0.3, 0.4) is 0 Å². The van der Waals surface area contributed by atoms with Gasteiger partial charge in [0.2, 0.25) is 0 Å². The van der Waals surface area contributed by atoms with Crippen molar-refractivity contribution in [3.05, 3.63) is 22.4 Å². The van der Waals surface area contributed by atoms with Gasteiger partial charge in [0.05, 0.1) is 0 Å². The number of amides is 2. The van der Waals surface area contributed by atoms with Crippen LogP contribution in [0.25, 0.3) is 0 Å². The van der Waals surface area contributed by atoms with Gasteiger partial charge in [-0.25, -0.2) is 9.59 Å². The highest BCUT2D eigenvalue weighted by molar-refractivity contribution is 7.10. The Bertz CT molecular complexity index is 807. The number of piperidine rings is 2. The summed E-state index contributed by atoms with van der Waals surface area (Å²) in [6.07, 6.45) is 1.99. The van der Waals surface area contributed by atoms with Crippen molar-refractivity contribution in [3.8, 4) is 0 Å². The van der Waals surface area contributed by atoms with Crippen molar-refractivity contribution >= 4 is 29.3 Å². The first-order valence-electron chi connectivity index (χ1n) is 11.8. The number of hydrogen-bond acceptors (Lipinski definition) is 7. The maximum absolute atomic E-state index is 12.1. The van der Waals surface area contributed by atoms with Gasteiger partial charge in [-0.15, -0.1) is 11.3 Å². The molecule has 8 nitrogen and oxygen atoms in total. The number of nitrogens with zero attached hydrogens (tertiary/aromatic N) is 2. The number of thiophene rings is 1. The first-order valence-corrected chi connectivity index (χ1v) is 12.7. The highest BCUT2D eigenvalue weighted by atomic mass is 32.1. The summed E-state index contributed by atoms with van der Waals surface area (Å²) in [6.45, 7) is 13.5. The summed E-state index contributed by atoms with van der Waals surface area (Å²) in [5, 5.41) is 2.07. The van der Waals surface area contributed by atoms with Crippen molar-refractivity contribution in [2.75, 3.05) is 33.3 Å². The zero-order valence-corrected chi connectivity index (χ0v) is 22.5. The van der Waals surface area contributed by atoms with Gasteiger partial charge in [-0.2, -0.15) is 0 Å². The summed E-state index contributed by atoms with van der Waals surface area (Å²) >= 11 is 1.71. The van der Waals surface area contributed by atoms with E-state index in [1.54, 1.807) is 28.2 Å². The molecule has 3 rings (SSSR count). The molecule has 1 aromatic heterocycles. The Morgan fingerprint density at radius 3 is 1.74 bits per heavy atom. The van der Waals surface area contributed by atoms with Crippen LogP contribution in [0.4, 0.5) is 9.59 Å². The van der Waals surface area contributed by atoms with E-state index in [4.69, 9.17) is 14.2 Å². The lowest BCUT2D eigenvalue weighted by Crippen LogP contribution is -2.47. The lowest BCUT2D eigenvalue weighted by Gasteiger charge is -2.40. The minimum absolute atomic E-state index is 0.227. The number of rotatable bonds is 2. The average Bonchev–Trinajstić information content (AvgIpc) is 3.28. The molecule has 0 aliphatic carbocycles. The Balaban J connectivity index is 0.000000257. The van der Waals surface area contributed by atoms with Crippen molar-refractivity contribution in [1.29, 1.82) is 0 Å². The van der Waals surface area contributed by atoms with E-state index >= 15 is 0 Å². The Hall–Kier alpha value is -2.13. The van der Waals surface area contributed by atoms with Gasteiger partial charge in [0.15, 0.2) is 0 Å². The molecule has 0 atom stereocenters. The Labute approximate surface area is 207 Å². The second-order valence-corrected chi connectivity index (χ2v) is 11.6. The van der Waals surface area contributed by atoms with E-state index in [2.05, 4.69) is 11.4 Å². The van der Waals surface area contributed by atoms with Gasteiger partial charge in [-0.05, 0) is 65.8 Å². The molecule has 0 saturated carbocycles. The van der Waals surface area contributed by atoms with E-state index in [-0.39, 0.29) is 23.6 Å². The Morgan fingerprint density at radius 1 is 0.882 bits per heavy atom. The number of likely N-dealkylation sites (tertiary alicyclic amines) is 2. The zero-order chi connectivity index (χ0) is 25.6. The third-order valence-electron chi connectivity index (χ3n) is 5.56. The molecular formula is C25H40N2O6S. The fourth-order valence-corrected chi connectivity index (χ4v) is 4.69. The maximum atomic E-state index is 12.1. The van der Waals surface area contributed by atoms with Crippen LogP contribution in [0.15, 0.2) is 17.5 Å². The number of methoxy groups -OCH3 is 1. The van der Waals surface area contributed by atoms with E-state index in [1.165, 1.54) is 4.88 Å². The summed E-state index contributed by atoms with van der Waals surface area (Å²) in [6, 6.07) is 4.15. The van der Waals surface area contributed by atoms with E-state index in [0.29, 0.717) is 39.0 Å². The predicted octanol–water partition coefficient (Wildman–Crippen LogP) is 5.21. The monoisotopic (exact) mass is 496 g/mol. The second-order valence-electron chi connectivity index (χ2n) is 10.6. The van der Waals surface area contributed by atoms with Crippen molar-refractivity contribution < 1.29 is 28.6 Å². The summed E-state index contributed by atoms with van der Waals surface area (Å²) in [5.41, 5.74) is -1.15. The molecule has 0 unspecified atom stereocenters. The molecule has 0 aromatic carbocycles. The average molecular weight is 497 g/mol. The Morgan fingerprint density at radius 2 is 1.35 bits per heavy atom. The lowest BCUT2D eigenvalue weighted by atomic mass is 9.89. The standard InChI is InChI=1S/C15H23NO3S.C10H17NO3/c1-14(2,3)19-13(17)16-9-7-15(18-4,8-10-16)12-6-5-11-20-12;1-10(2,3)14-9(13)11-6-4-8(12)5-7-11/h5-6,11H,7-10H2,1-4H3;4-7H2,1-3H3. The van der Waals surface area contributed by atoms with E-state index in [0.717, 1.165) is 12.8 Å². The van der Waals surface area contributed by atoms with Crippen LogP contribution in [-0.4, -0.2) is 72.3 Å². The predicted molar refractivity (Wildman–Crippen MR) is 132 cm³/mol. The number of ether oxygens (including phenoxy) is 3. The zero-order valence-electron chi connectivity index (χ0n) is 21.6. The summed E-state index contributed by atoms with van der Waals surface area (Å²) < 4.78 is 16.4. The van der Waals surface area contributed by atoms with Gasteiger partial charge in [0, 0.05) is 51.0 Å². The molecule has 0 N–H and O–H groups in total. The van der Waals surface area contributed by atoms with Gasteiger partial charge < -0.3 is 24.0 Å². The highest BCUT2D eigenvalue weighted by Crippen LogP contribution is 2.38. The van der Waals surface area contributed by atoms with Gasteiger partial charge in [-0.3, -0.25) is 4.79 Å². The fraction of sp³-hybridized carbons (Fsp3) is 0.720. The molecule has 2 amide bonds. The van der Waals surface area contributed by atoms with Crippen LogP contribution in [0.2, 0.25) is 0 Å². The van der Waals surface area contributed by atoms with Gasteiger partial charge in [-0.1, -0.05) is 6.07 Å². The molecule has 3 heterocycles. The first kappa shape index (κ1) is 28.1. The SMILES string of the molecule is CC(C)(C)OC(=O)N1CCC(=O)CC1.COC1(c2cccs2)CCN(C(=O)OC(C)(C)C)CC1. The number of Topliss-reactive ketones (excluding diaryl/α,β-unsaturated/α-hetero) is 1. The molecule has 0 radical (unpaired) electrons. The summed E-state index contributed by atoms with van der Waals surface area (Å²) in [4.78, 5) is 39.1. The third-order valence-corrected chi connectivity index (χ3v) is 6.61. The molecular weight excluding hydrogens is 456 g/mol. The van der Waals surface area contributed by atoms with Crippen LogP contribution in [0, 0.1) is 0 Å². The van der Waals surface area contributed by atoms with Crippen LogP contribution in [0.1, 0.15) is 72.1 Å². The van der Waals surface area contributed by atoms with E-state index < -0.39 is 11.2 Å². The molecule has 34 heavy (non-hydrogen) atoms. The van der Waals surface area contributed by atoms with Gasteiger partial charge >= 0.3 is 12.2 Å². The molecule has 192 valence electrons. The smallest absolute Gasteiger partial charge is 0.410 e. The molecule has 0 spiro atoms. The molecule has 9 heteroatoms. The van der Waals surface area contributed by atoms with Gasteiger partial charge in [0.1, 0.15) is 22.6 Å². The van der Waals surface area contributed by atoms with E-state index in [9.17, 15) is 14.4 Å². The normalized spacial score (nSPS) is 18.6. The molecule has 2 saturated heterocycles. The highest BCUT2D eigenvalue weighted by Gasteiger charge is 2.39. The molecule has 1 aromatic rings. The minimum atomic E-state index is -0.460. The van der Waals surface area contributed by atoms with Crippen molar-refractivity contribution in [2.45, 2.75) is 84.0 Å². The lowest BCUT2D eigenvalue weighted by molar-refractivity contribution is -0.121. The van der Waals surface area contributed by atoms with Crippen molar-refractivity contribution in [3.63, 3.8) is 0 Å². The first-order chi connectivity index (χ1) is 15.7. The van der Waals surface area contributed by atoms with Crippen LogP contribution >= 0.6 is 11.3 Å². The molecule has 2 aliphatic rings. The van der Waals surface area contributed by atoms with Crippen LogP contribution in [-0.2, 0) is 24.6 Å². The van der Waals surface area contributed by atoms with Crippen molar-refractivity contribution in [2.24, 2.45) is 0 Å². The van der Waals surface area contributed by atoms with E-state index in [1.807, 2.05) is 47.6 Å². The topological polar surface area (TPSA) is 85.4 Å². The number of ketones is 1. The minimum Gasteiger partial charge on any atom is -0.444 e. The molecule has 2 fully saturated rings. The summed E-state index contributed by atoms with van der Waals surface area (Å²) in [7, 11) is 1.75. The number of carbonyl (C=O) groups is 3. The van der Waals surface area contributed by atoms with Crippen LogP contribution < -0.4 is 0 Å². The largest absolute Gasteiger partial charge is 0.444 e. The number of hydrogen-bond donors (Lipinski definition) is 0. The maximum Gasteiger partial charge on any atom is 0.410 e. The third kappa shape index (κ3) is 8.58. The second kappa shape index (κ2) is 11.5. The molecule has 0 bridgehead atoms. The Kier molecular flexibility index (Phi) is 9.53. The van der Waals surface area contributed by atoms with Crippen molar-refractivity contribution in [1.82, 2.24) is 9.80 Å². The number of carbonyl (C=O) groups excluding carboxylic acids is 3. The van der Waals surface area contributed by atoms with Gasteiger partial charge in [0.25, 0.3) is 0 Å². The molecule has 2 aliphatic heterocycles. The quantitative estimate of drug-likeness (QED) is 0.559.